The molecule has 2 aromatic rings. The fraction of sp³-hybridized carbons (Fsp3) is 0.214. The highest BCUT2D eigenvalue weighted by atomic mass is 35.5. The lowest BCUT2D eigenvalue weighted by atomic mass is 10.1. The van der Waals surface area contributed by atoms with E-state index in [0.29, 0.717) is 11.6 Å². The van der Waals surface area contributed by atoms with Crippen molar-refractivity contribution in [2.45, 2.75) is 19.6 Å². The average molecular weight is 264 g/mol. The lowest BCUT2D eigenvalue weighted by molar-refractivity contribution is 0.199. The van der Waals surface area contributed by atoms with E-state index in [-0.39, 0.29) is 0 Å². The highest BCUT2D eigenvalue weighted by Gasteiger charge is 2.03. The van der Waals surface area contributed by atoms with Crippen LogP contribution in [0.15, 0.2) is 42.7 Å². The van der Waals surface area contributed by atoms with Crippen molar-refractivity contribution in [2.75, 3.05) is 0 Å². The van der Waals surface area contributed by atoms with Gasteiger partial charge >= 0.3 is 0 Å². The number of nitrogens with zero attached hydrogens (tertiary/aromatic N) is 1. The van der Waals surface area contributed by atoms with Crippen LogP contribution in [-0.2, 0) is 6.61 Å². The molecule has 0 aliphatic carbocycles. The first-order valence-corrected chi connectivity index (χ1v) is 6.04. The maximum atomic E-state index is 9.39. The van der Waals surface area contributed by atoms with Crippen LogP contribution in [0.1, 0.15) is 24.2 Å². The molecule has 94 valence electrons. The van der Waals surface area contributed by atoms with E-state index in [1.54, 1.807) is 19.3 Å². The van der Waals surface area contributed by atoms with Gasteiger partial charge in [0.05, 0.1) is 11.1 Å². The van der Waals surface area contributed by atoms with E-state index < -0.39 is 6.10 Å². The first-order valence-electron chi connectivity index (χ1n) is 5.66. The second kappa shape index (κ2) is 5.85. The van der Waals surface area contributed by atoms with Crippen LogP contribution in [0.2, 0.25) is 5.02 Å². The molecule has 1 N–H and O–H groups in total. The summed E-state index contributed by atoms with van der Waals surface area (Å²) in [6, 6.07) is 9.17. The molecule has 0 bridgehead atoms. The number of aliphatic hydroxyl groups is 1. The molecule has 0 spiro atoms. The minimum atomic E-state index is -0.464. The van der Waals surface area contributed by atoms with Gasteiger partial charge in [0.15, 0.2) is 0 Å². The van der Waals surface area contributed by atoms with Crippen LogP contribution < -0.4 is 4.74 Å². The molecule has 0 radical (unpaired) electrons. The lowest BCUT2D eigenvalue weighted by Crippen LogP contribution is -1.97. The van der Waals surface area contributed by atoms with Crippen molar-refractivity contribution in [1.29, 1.82) is 0 Å². The number of rotatable bonds is 4. The van der Waals surface area contributed by atoms with E-state index in [9.17, 15) is 5.11 Å². The summed E-state index contributed by atoms with van der Waals surface area (Å²) >= 11 is 5.98. The zero-order valence-electron chi connectivity index (χ0n) is 10.0. The summed E-state index contributed by atoms with van der Waals surface area (Å²) in [7, 11) is 0. The van der Waals surface area contributed by atoms with E-state index in [1.807, 2.05) is 30.3 Å². The Morgan fingerprint density at radius 3 is 2.61 bits per heavy atom. The Morgan fingerprint density at radius 1 is 1.28 bits per heavy atom. The summed E-state index contributed by atoms with van der Waals surface area (Å²) in [5, 5.41) is 9.99. The highest BCUT2D eigenvalue weighted by molar-refractivity contribution is 6.31. The van der Waals surface area contributed by atoms with Gasteiger partial charge in [0.25, 0.3) is 0 Å². The molecular weight excluding hydrogens is 250 g/mol. The molecule has 1 heterocycles. The smallest absolute Gasteiger partial charge is 0.119 e. The number of ether oxygens (including phenoxy) is 1. The van der Waals surface area contributed by atoms with Crippen LogP contribution in [-0.4, -0.2) is 10.1 Å². The van der Waals surface area contributed by atoms with Gasteiger partial charge in [-0.1, -0.05) is 23.7 Å². The Hall–Kier alpha value is -1.58. The van der Waals surface area contributed by atoms with Gasteiger partial charge in [0, 0.05) is 18.0 Å². The second-order valence-corrected chi connectivity index (χ2v) is 4.41. The average Bonchev–Trinajstić information content (AvgIpc) is 2.38. The van der Waals surface area contributed by atoms with Crippen molar-refractivity contribution in [3.8, 4) is 5.75 Å². The third-order valence-corrected chi connectivity index (χ3v) is 2.95. The summed E-state index contributed by atoms with van der Waals surface area (Å²) in [6.45, 7) is 2.13. The largest absolute Gasteiger partial charge is 0.489 e. The van der Waals surface area contributed by atoms with Crippen molar-refractivity contribution in [3.63, 3.8) is 0 Å². The van der Waals surface area contributed by atoms with Crippen LogP contribution >= 0.6 is 11.6 Å². The normalized spacial score (nSPS) is 12.2. The van der Waals surface area contributed by atoms with Crippen LogP contribution in [0.25, 0.3) is 0 Å². The van der Waals surface area contributed by atoms with Gasteiger partial charge in [0.1, 0.15) is 12.4 Å². The molecule has 1 atom stereocenters. The van der Waals surface area contributed by atoms with Crippen LogP contribution in [0.5, 0.6) is 5.75 Å². The quantitative estimate of drug-likeness (QED) is 0.920. The van der Waals surface area contributed by atoms with E-state index in [4.69, 9.17) is 16.3 Å². The number of benzene rings is 1. The zero-order valence-corrected chi connectivity index (χ0v) is 10.8. The predicted octanol–water partition coefficient (Wildman–Crippen LogP) is 3.37. The van der Waals surface area contributed by atoms with Crippen LogP contribution in [0.3, 0.4) is 0 Å². The molecule has 2 rings (SSSR count). The highest BCUT2D eigenvalue weighted by Crippen LogP contribution is 2.20. The Morgan fingerprint density at radius 2 is 2.00 bits per heavy atom. The Bertz CT molecular complexity index is 511. The number of hydrogen-bond donors (Lipinski definition) is 1. The molecule has 0 saturated heterocycles. The first kappa shape index (κ1) is 12.9. The summed E-state index contributed by atoms with van der Waals surface area (Å²) < 4.78 is 5.61. The molecule has 0 aliphatic heterocycles. The van der Waals surface area contributed by atoms with Gasteiger partial charge in [0.2, 0.25) is 0 Å². The van der Waals surface area contributed by atoms with Crippen LogP contribution in [0, 0.1) is 0 Å². The summed E-state index contributed by atoms with van der Waals surface area (Å²) in [6.07, 6.45) is 2.81. The van der Waals surface area contributed by atoms with Gasteiger partial charge < -0.3 is 9.84 Å². The molecule has 0 fully saturated rings. The molecular formula is C14H14ClNO2. The van der Waals surface area contributed by atoms with Gasteiger partial charge in [-0.15, -0.1) is 0 Å². The number of pyridine rings is 1. The van der Waals surface area contributed by atoms with E-state index in [0.717, 1.165) is 16.9 Å². The summed E-state index contributed by atoms with van der Waals surface area (Å²) in [5.41, 5.74) is 1.76. The standard InChI is InChI=1S/C14H14ClNO2/c1-10(17)11-2-4-13(5-3-11)18-9-12-6-7-16-8-14(12)15/h2-8,10,17H,9H2,1H3. The molecule has 1 aromatic carbocycles. The molecule has 0 saturated carbocycles. The van der Waals surface area contributed by atoms with Crippen LogP contribution in [0.4, 0.5) is 0 Å². The number of aliphatic hydroxyl groups excluding tert-OH is 1. The third-order valence-electron chi connectivity index (χ3n) is 2.61. The Labute approximate surface area is 111 Å². The minimum absolute atomic E-state index is 0.398. The summed E-state index contributed by atoms with van der Waals surface area (Å²) in [5.74, 6) is 0.743. The molecule has 1 unspecified atom stereocenters. The number of halogens is 1. The van der Waals surface area contributed by atoms with E-state index in [1.165, 1.54) is 0 Å². The number of hydrogen-bond acceptors (Lipinski definition) is 3. The first-order chi connectivity index (χ1) is 8.66. The molecule has 4 heteroatoms. The topological polar surface area (TPSA) is 42.4 Å². The second-order valence-electron chi connectivity index (χ2n) is 4.00. The molecule has 1 aromatic heterocycles. The van der Waals surface area contributed by atoms with E-state index in [2.05, 4.69) is 4.98 Å². The maximum Gasteiger partial charge on any atom is 0.119 e. The zero-order chi connectivity index (χ0) is 13.0. The predicted molar refractivity (Wildman–Crippen MR) is 70.7 cm³/mol. The number of aromatic nitrogens is 1. The molecule has 0 aliphatic rings. The fourth-order valence-corrected chi connectivity index (χ4v) is 1.70. The van der Waals surface area contributed by atoms with Gasteiger partial charge in [-0.2, -0.15) is 0 Å². The van der Waals surface area contributed by atoms with Crippen molar-refractivity contribution in [2.24, 2.45) is 0 Å². The Balaban J connectivity index is 2.00. The van der Waals surface area contributed by atoms with Crippen molar-refractivity contribution < 1.29 is 9.84 Å². The monoisotopic (exact) mass is 263 g/mol. The third kappa shape index (κ3) is 3.22. The summed E-state index contributed by atoms with van der Waals surface area (Å²) in [4.78, 5) is 3.92. The Kier molecular flexibility index (Phi) is 4.18. The van der Waals surface area contributed by atoms with Gasteiger partial charge in [-0.25, -0.2) is 0 Å². The molecule has 3 nitrogen and oxygen atoms in total. The fourth-order valence-electron chi connectivity index (χ4n) is 1.52. The molecule has 18 heavy (non-hydrogen) atoms. The van der Waals surface area contributed by atoms with Crippen molar-refractivity contribution >= 4 is 11.6 Å². The van der Waals surface area contributed by atoms with Gasteiger partial charge in [-0.05, 0) is 30.7 Å². The van der Waals surface area contributed by atoms with Crippen molar-refractivity contribution in [1.82, 2.24) is 4.98 Å². The SMILES string of the molecule is CC(O)c1ccc(OCc2ccncc2Cl)cc1. The lowest BCUT2D eigenvalue weighted by Gasteiger charge is -2.09. The maximum absolute atomic E-state index is 9.39. The van der Waals surface area contributed by atoms with Gasteiger partial charge in [-0.3, -0.25) is 4.98 Å². The minimum Gasteiger partial charge on any atom is -0.489 e. The van der Waals surface area contributed by atoms with E-state index >= 15 is 0 Å². The van der Waals surface area contributed by atoms with Crippen molar-refractivity contribution in [3.05, 3.63) is 58.9 Å². The molecule has 0 amide bonds.